The van der Waals surface area contributed by atoms with Gasteiger partial charge in [0.1, 0.15) is 10.9 Å². The van der Waals surface area contributed by atoms with E-state index in [1.165, 1.54) is 7.11 Å². The average Bonchev–Trinajstić information content (AvgIpc) is 4.12. The fourth-order valence-electron chi connectivity index (χ4n) is 9.41. The first kappa shape index (κ1) is 62.9. The van der Waals surface area contributed by atoms with E-state index in [4.69, 9.17) is 29.7 Å². The van der Waals surface area contributed by atoms with Crippen LogP contribution in [0, 0.1) is 13.8 Å². The predicted molar refractivity (Wildman–Crippen MR) is 299 cm³/mol. The highest BCUT2D eigenvalue weighted by molar-refractivity contribution is 7.99. The van der Waals surface area contributed by atoms with E-state index in [1.54, 1.807) is 30.4 Å². The maximum absolute atomic E-state index is 14.5. The van der Waals surface area contributed by atoms with Crippen LogP contribution in [-0.4, -0.2) is 163 Å². The number of carbonyl (C=O) groups is 3. The molecule has 0 saturated carbocycles. The van der Waals surface area contributed by atoms with Crippen molar-refractivity contribution in [1.82, 2.24) is 30.6 Å². The molecule has 3 aromatic heterocycles. The molecule has 7 atom stereocenters. The summed E-state index contributed by atoms with van der Waals surface area (Å²) in [6, 6.07) is 6.22. The van der Waals surface area contributed by atoms with Gasteiger partial charge in [0.2, 0.25) is 5.91 Å². The number of aliphatic hydroxyl groups is 6. The van der Waals surface area contributed by atoms with Gasteiger partial charge in [-0.1, -0.05) is 33.4 Å². The minimum atomic E-state index is -0.518. The molecule has 2 amide bonds. The van der Waals surface area contributed by atoms with Crippen LogP contribution in [0.2, 0.25) is 0 Å². The molecule has 7 rings (SSSR count). The number of thioether (sulfide) groups is 2. The van der Waals surface area contributed by atoms with Crippen molar-refractivity contribution in [2.45, 2.75) is 147 Å². The minimum Gasteiger partial charge on any atom is -0.469 e. The Hall–Kier alpha value is -4.61. The van der Waals surface area contributed by atoms with Crippen molar-refractivity contribution in [3.63, 3.8) is 0 Å². The summed E-state index contributed by atoms with van der Waals surface area (Å²) in [7, 11) is 3.38. The molecule has 7 unspecified atom stereocenters. The number of fused-ring (bicyclic) bond motifs is 8. The molecular weight excluding hydrogens is 1000 g/mol. The number of aryl methyl sites for hydroxylation is 3. The van der Waals surface area contributed by atoms with Gasteiger partial charge in [0.25, 0.3) is 5.91 Å². The van der Waals surface area contributed by atoms with Crippen LogP contribution in [0.3, 0.4) is 0 Å². The molecule has 0 radical (unpaired) electrons. The van der Waals surface area contributed by atoms with Crippen LogP contribution in [0.15, 0.2) is 24.8 Å². The lowest BCUT2D eigenvalue weighted by atomic mass is 9.96. The van der Waals surface area contributed by atoms with E-state index in [-0.39, 0.29) is 66.4 Å². The molecule has 0 aromatic carbocycles. The number of rotatable bonds is 18. The summed E-state index contributed by atoms with van der Waals surface area (Å²) < 4.78 is 16.1. The molecule has 20 heteroatoms. The first-order valence-electron chi connectivity index (χ1n) is 25.8. The highest BCUT2D eigenvalue weighted by Crippen LogP contribution is 2.37. The summed E-state index contributed by atoms with van der Waals surface area (Å²) in [5.41, 5.74) is 11.9. The summed E-state index contributed by atoms with van der Waals surface area (Å²) >= 11 is 3.14. The van der Waals surface area contributed by atoms with Crippen molar-refractivity contribution < 1.29 is 59.2 Å². The van der Waals surface area contributed by atoms with Gasteiger partial charge < -0.3 is 65.5 Å². The summed E-state index contributed by atoms with van der Waals surface area (Å²) in [6.45, 7) is 16.8. The third kappa shape index (κ3) is 17.2. The zero-order chi connectivity index (χ0) is 55.4. The Kier molecular flexibility index (Phi) is 26.5. The third-order valence-electron chi connectivity index (χ3n) is 13.4. The van der Waals surface area contributed by atoms with Crippen molar-refractivity contribution in [2.75, 3.05) is 59.1 Å². The van der Waals surface area contributed by atoms with Gasteiger partial charge >= 0.3 is 5.97 Å². The highest BCUT2D eigenvalue weighted by atomic mass is 32.2. The topological polar surface area (TPSA) is 282 Å². The minimum absolute atomic E-state index is 0.0164. The van der Waals surface area contributed by atoms with Crippen molar-refractivity contribution >= 4 is 80.6 Å². The molecule has 4 aliphatic heterocycles. The number of methoxy groups -OCH3 is 1. The van der Waals surface area contributed by atoms with Gasteiger partial charge in [-0.05, 0) is 98.4 Å². The van der Waals surface area contributed by atoms with E-state index >= 15 is 0 Å². The molecule has 10 N–H and O–H groups in total. The van der Waals surface area contributed by atoms with Crippen LogP contribution in [0.25, 0.3) is 39.3 Å². The van der Waals surface area contributed by atoms with E-state index in [1.807, 2.05) is 19.1 Å². The van der Waals surface area contributed by atoms with Gasteiger partial charge in [-0.2, -0.15) is 0 Å². The number of hydrogen-bond donors (Lipinski definition) is 10. The van der Waals surface area contributed by atoms with E-state index in [2.05, 4.69) is 71.7 Å². The first-order chi connectivity index (χ1) is 36.1. The lowest BCUT2D eigenvalue weighted by molar-refractivity contribution is -0.140. The fraction of sp³-hybridized carbons (Fsp3) is 0.582. The quantitative estimate of drug-likeness (QED) is 0.0521. The SMILES string of the molecule is C=Cc1c(C)c2cc3nc(c(CC(=O)NCCCSC4CC(O)CC(CO)O4)c4nc(cc5[nH]c(cc1[nH]2)c(C)c5CC)C(C)=C4C(=O)NCCCSC1CC(O)CC(CO)O1)CC3C.CCC(=O)OC.CO.CO. The van der Waals surface area contributed by atoms with Crippen LogP contribution in [-0.2, 0) is 47.9 Å². The van der Waals surface area contributed by atoms with Crippen LogP contribution in [0.5, 0.6) is 0 Å². The number of aromatic nitrogens is 4. The Labute approximate surface area is 450 Å². The molecule has 8 bridgehead atoms. The number of aromatic amines is 2. The maximum atomic E-state index is 14.5. The average molecular weight is 1080 g/mol. The molecule has 416 valence electrons. The summed E-state index contributed by atoms with van der Waals surface area (Å²) in [6.07, 6.45) is 5.00. The number of hydrogen-bond acceptors (Lipinski definition) is 16. The number of amides is 2. The van der Waals surface area contributed by atoms with Crippen LogP contribution < -0.4 is 10.6 Å². The number of esters is 1. The van der Waals surface area contributed by atoms with Crippen molar-refractivity contribution in [1.29, 1.82) is 0 Å². The van der Waals surface area contributed by atoms with Crippen LogP contribution >= 0.6 is 23.5 Å². The molecule has 75 heavy (non-hydrogen) atoms. The third-order valence-corrected chi connectivity index (χ3v) is 15.8. The van der Waals surface area contributed by atoms with E-state index in [0.29, 0.717) is 110 Å². The zero-order valence-corrected chi connectivity index (χ0v) is 46.8. The van der Waals surface area contributed by atoms with E-state index in [9.17, 15) is 34.8 Å². The second-order valence-electron chi connectivity index (χ2n) is 18.6. The van der Waals surface area contributed by atoms with Crippen molar-refractivity contribution in [3.05, 3.63) is 75.4 Å². The molecule has 0 aliphatic carbocycles. The molecule has 18 nitrogen and oxygen atoms in total. The van der Waals surface area contributed by atoms with Crippen LogP contribution in [0.1, 0.15) is 129 Å². The Morgan fingerprint density at radius 2 is 1.37 bits per heavy atom. The summed E-state index contributed by atoms with van der Waals surface area (Å²) in [5, 5.41) is 59.9. The number of ether oxygens (including phenoxy) is 3. The highest BCUT2D eigenvalue weighted by Gasteiger charge is 2.32. The van der Waals surface area contributed by atoms with E-state index in [0.717, 1.165) is 70.7 Å². The van der Waals surface area contributed by atoms with Crippen LogP contribution in [0.4, 0.5) is 0 Å². The molecule has 3 aromatic rings. The number of allylic oxidation sites excluding steroid dienone is 1. The lowest BCUT2D eigenvalue weighted by Crippen LogP contribution is -2.36. The lowest BCUT2D eigenvalue weighted by Gasteiger charge is -2.31. The Morgan fingerprint density at radius 1 is 0.800 bits per heavy atom. The Morgan fingerprint density at radius 3 is 1.91 bits per heavy atom. The van der Waals surface area contributed by atoms with Gasteiger partial charge in [0.15, 0.2) is 0 Å². The summed E-state index contributed by atoms with van der Waals surface area (Å²) in [5.74, 6) is 0.739. The van der Waals surface area contributed by atoms with Gasteiger partial charge in [0.05, 0.1) is 68.1 Å². The molecular formula is C55H82N6O12S2. The number of aliphatic hydroxyl groups excluding tert-OH is 6. The van der Waals surface area contributed by atoms with Gasteiger partial charge in [0, 0.05) is 110 Å². The van der Waals surface area contributed by atoms with Gasteiger partial charge in [-0.3, -0.25) is 19.4 Å². The van der Waals surface area contributed by atoms with Gasteiger partial charge in [-0.25, -0.2) is 4.98 Å². The second kappa shape index (κ2) is 31.6. The largest absolute Gasteiger partial charge is 0.469 e. The molecule has 7 heterocycles. The molecule has 0 spiro atoms. The zero-order valence-electron chi connectivity index (χ0n) is 45.2. The maximum Gasteiger partial charge on any atom is 0.305 e. The molecule has 2 fully saturated rings. The van der Waals surface area contributed by atoms with Gasteiger partial charge in [-0.15, -0.1) is 23.5 Å². The first-order valence-corrected chi connectivity index (χ1v) is 27.9. The monoisotopic (exact) mass is 1080 g/mol. The number of nitrogens with one attached hydrogen (secondary N) is 4. The second-order valence-corrected chi connectivity index (χ2v) is 21.1. The standard InChI is InChI=1S/C49H66N6O8S2.C4H8O2.2CH4O/c1-7-34-27(4)38-21-37-26(3)15-41(52-37)36(20-44(60)50-11-9-13-64-45-18-30(58)16-32(24-56)62-45)48-47(49(61)51-12-10-14-65-46-19-31(59)17-33(25-57)63-46)29(6)40(55-48)23-43-35(8-2)28(5)39(54-43)22-42(34)53-38;1-3-4(5)6-2;2*1-2/h7,21-23,26,30-33,45-46,53-54,56-59H,1,8-20,24-25H2,2-6H3,(H,50,60)(H,51,61);3H2,1-2H3;2*2H,1H3. The molecule has 4 aliphatic rings. The number of nitrogens with zero attached hydrogens (tertiary/aromatic N) is 2. The Bertz CT molecular complexity index is 2580. The summed E-state index contributed by atoms with van der Waals surface area (Å²) in [4.78, 5) is 56.3. The van der Waals surface area contributed by atoms with E-state index < -0.39 is 12.2 Å². The van der Waals surface area contributed by atoms with Crippen molar-refractivity contribution in [2.24, 2.45) is 0 Å². The Balaban J connectivity index is 0.00000112. The fourth-order valence-corrected chi connectivity index (χ4v) is 11.7. The predicted octanol–water partition coefficient (Wildman–Crippen LogP) is 5.94. The molecule has 2 saturated heterocycles. The number of carbonyl (C=O) groups excluding carboxylic acids is 3. The van der Waals surface area contributed by atoms with Crippen molar-refractivity contribution in [3.8, 4) is 0 Å². The normalized spacial score (nSPS) is 21.1. The smallest absolute Gasteiger partial charge is 0.305 e. The number of H-pyrrole nitrogens is 2.